The highest BCUT2D eigenvalue weighted by molar-refractivity contribution is 5.52. The monoisotopic (exact) mass is 262 g/mol. The van der Waals surface area contributed by atoms with Gasteiger partial charge in [0.1, 0.15) is 0 Å². The second-order valence-corrected chi connectivity index (χ2v) is 7.31. The highest BCUT2D eigenvalue weighted by atomic mass is 16.5. The van der Waals surface area contributed by atoms with Crippen molar-refractivity contribution in [2.45, 2.75) is 53.0 Å². The first kappa shape index (κ1) is 14.2. The molecule has 3 heteroatoms. The molecule has 1 aliphatic rings. The molecule has 0 aromatic carbocycles. The Morgan fingerprint density at radius 3 is 2.42 bits per heavy atom. The molecule has 1 aliphatic carbocycles. The summed E-state index contributed by atoms with van der Waals surface area (Å²) in [4.78, 5) is 4.25. The van der Waals surface area contributed by atoms with Crippen LogP contribution in [-0.4, -0.2) is 18.1 Å². The Hall–Kier alpha value is -1.25. The fourth-order valence-corrected chi connectivity index (χ4v) is 3.83. The van der Waals surface area contributed by atoms with Gasteiger partial charge in [0, 0.05) is 12.2 Å². The number of nitrogens with zero attached hydrogens (tertiary/aromatic N) is 1. The Balaban J connectivity index is 2.14. The third kappa shape index (κ3) is 3.62. The third-order valence-electron chi connectivity index (χ3n) is 3.88. The maximum absolute atomic E-state index is 5.32. The van der Waals surface area contributed by atoms with Crippen LogP contribution in [0.3, 0.4) is 0 Å². The fraction of sp³-hybridized carbons (Fsp3) is 0.688. The van der Waals surface area contributed by atoms with Crippen molar-refractivity contribution in [3.8, 4) is 5.88 Å². The van der Waals surface area contributed by atoms with Crippen molar-refractivity contribution in [2.24, 2.45) is 10.8 Å². The molecule has 0 saturated heterocycles. The summed E-state index contributed by atoms with van der Waals surface area (Å²) in [6.45, 7) is 9.46. The second kappa shape index (κ2) is 5.03. The predicted octanol–water partition coefficient (Wildman–Crippen LogP) is 4.11. The summed E-state index contributed by atoms with van der Waals surface area (Å²) in [5.41, 5.74) is 1.77. The van der Waals surface area contributed by atoms with E-state index in [1.54, 1.807) is 13.3 Å². The lowest BCUT2D eigenvalue weighted by Gasteiger charge is -2.45. The fourth-order valence-electron chi connectivity index (χ4n) is 3.83. The van der Waals surface area contributed by atoms with Gasteiger partial charge in [0.15, 0.2) is 0 Å². The van der Waals surface area contributed by atoms with Crippen LogP contribution in [-0.2, 0) is 0 Å². The number of pyridine rings is 1. The molecule has 0 spiro atoms. The average molecular weight is 262 g/mol. The molecule has 1 aromatic rings. The molecule has 0 amide bonds. The summed E-state index contributed by atoms with van der Waals surface area (Å²) in [7, 11) is 1.67. The molecule has 1 heterocycles. The van der Waals surface area contributed by atoms with Crippen LogP contribution in [0, 0.1) is 10.8 Å². The number of anilines is 1. The minimum absolute atomic E-state index is 0.384. The van der Waals surface area contributed by atoms with Crippen molar-refractivity contribution in [3.63, 3.8) is 0 Å². The topological polar surface area (TPSA) is 34.1 Å². The number of methoxy groups -OCH3 is 1. The van der Waals surface area contributed by atoms with E-state index in [-0.39, 0.29) is 0 Å². The van der Waals surface area contributed by atoms with Crippen LogP contribution in [0.25, 0.3) is 0 Å². The predicted molar refractivity (Wildman–Crippen MR) is 79.6 cm³/mol. The van der Waals surface area contributed by atoms with Gasteiger partial charge < -0.3 is 10.1 Å². The van der Waals surface area contributed by atoms with Crippen molar-refractivity contribution in [2.75, 3.05) is 12.4 Å². The molecule has 19 heavy (non-hydrogen) atoms. The maximum Gasteiger partial charge on any atom is 0.237 e. The lowest BCUT2D eigenvalue weighted by atomic mass is 9.63. The Bertz CT molecular complexity index is 424. The van der Waals surface area contributed by atoms with Crippen LogP contribution in [0.15, 0.2) is 18.3 Å². The molecule has 106 valence electrons. The van der Waals surface area contributed by atoms with Crippen LogP contribution in [0.4, 0.5) is 5.69 Å². The molecule has 1 fully saturated rings. The lowest BCUT2D eigenvalue weighted by molar-refractivity contribution is 0.105. The first-order valence-electron chi connectivity index (χ1n) is 7.07. The zero-order chi connectivity index (χ0) is 14.1. The van der Waals surface area contributed by atoms with Gasteiger partial charge in [-0.2, -0.15) is 0 Å². The molecule has 0 aliphatic heterocycles. The van der Waals surface area contributed by atoms with Gasteiger partial charge in [0.2, 0.25) is 5.88 Å². The number of ether oxygens (including phenoxy) is 1. The van der Waals surface area contributed by atoms with Crippen molar-refractivity contribution in [1.82, 2.24) is 4.98 Å². The second-order valence-electron chi connectivity index (χ2n) is 7.31. The molecule has 0 radical (unpaired) electrons. The van der Waals surface area contributed by atoms with Crippen molar-refractivity contribution in [1.29, 1.82) is 0 Å². The molecule has 1 saturated carbocycles. The van der Waals surface area contributed by atoms with Gasteiger partial charge in [0.25, 0.3) is 0 Å². The first-order chi connectivity index (χ1) is 8.81. The molecule has 1 aromatic heterocycles. The first-order valence-corrected chi connectivity index (χ1v) is 7.07. The van der Waals surface area contributed by atoms with E-state index in [0.29, 0.717) is 22.8 Å². The maximum atomic E-state index is 5.32. The number of hydrogen-bond acceptors (Lipinski definition) is 3. The molecule has 0 bridgehead atoms. The minimum Gasteiger partial charge on any atom is -0.480 e. The van der Waals surface area contributed by atoms with E-state index in [9.17, 15) is 0 Å². The summed E-state index contributed by atoms with van der Waals surface area (Å²) >= 11 is 0. The van der Waals surface area contributed by atoms with E-state index in [4.69, 9.17) is 4.74 Å². The molecular formula is C16H26N2O. The summed E-state index contributed by atoms with van der Waals surface area (Å²) in [5, 5.41) is 3.62. The largest absolute Gasteiger partial charge is 0.480 e. The third-order valence-corrected chi connectivity index (χ3v) is 3.88. The van der Waals surface area contributed by atoms with E-state index in [0.717, 1.165) is 5.69 Å². The van der Waals surface area contributed by atoms with Crippen LogP contribution in [0.5, 0.6) is 5.88 Å². The molecular weight excluding hydrogens is 236 g/mol. The smallest absolute Gasteiger partial charge is 0.237 e. The summed E-state index contributed by atoms with van der Waals surface area (Å²) in [5.74, 6) is 0.684. The standard InChI is InChI=1S/C16H26N2O/c1-15(2)9-12(10-16(3,4)11-15)18-13-7-6-8-17-14(13)19-5/h6-8,12,18H,9-11H2,1-5H3. The van der Waals surface area contributed by atoms with E-state index < -0.39 is 0 Å². The summed E-state index contributed by atoms with van der Waals surface area (Å²) in [6, 6.07) is 4.47. The molecule has 0 unspecified atom stereocenters. The average Bonchev–Trinajstić information content (AvgIpc) is 2.25. The van der Waals surface area contributed by atoms with Crippen LogP contribution in [0.1, 0.15) is 47.0 Å². The SMILES string of the molecule is COc1ncccc1NC1CC(C)(C)CC(C)(C)C1. The van der Waals surface area contributed by atoms with Crippen molar-refractivity contribution < 1.29 is 4.74 Å². The molecule has 3 nitrogen and oxygen atoms in total. The zero-order valence-electron chi connectivity index (χ0n) is 12.8. The normalized spacial score (nSPS) is 21.9. The van der Waals surface area contributed by atoms with Gasteiger partial charge in [-0.05, 0) is 42.2 Å². The minimum atomic E-state index is 0.384. The summed E-state index contributed by atoms with van der Waals surface area (Å²) in [6.07, 6.45) is 5.42. The van der Waals surface area contributed by atoms with Crippen molar-refractivity contribution >= 4 is 5.69 Å². The number of aromatic nitrogens is 1. The van der Waals surface area contributed by atoms with Crippen LogP contribution >= 0.6 is 0 Å². The van der Waals surface area contributed by atoms with E-state index in [2.05, 4.69) is 38.0 Å². The van der Waals surface area contributed by atoms with E-state index in [1.165, 1.54) is 19.3 Å². The highest BCUT2D eigenvalue weighted by Gasteiger charge is 2.38. The van der Waals surface area contributed by atoms with Gasteiger partial charge in [0.05, 0.1) is 12.8 Å². The Kier molecular flexibility index (Phi) is 3.75. The number of hydrogen-bond donors (Lipinski definition) is 1. The molecule has 2 rings (SSSR count). The quantitative estimate of drug-likeness (QED) is 0.890. The Morgan fingerprint density at radius 1 is 1.21 bits per heavy atom. The number of nitrogens with one attached hydrogen (secondary N) is 1. The Morgan fingerprint density at radius 2 is 1.84 bits per heavy atom. The van der Waals surface area contributed by atoms with Crippen LogP contribution < -0.4 is 10.1 Å². The molecule has 1 N–H and O–H groups in total. The highest BCUT2D eigenvalue weighted by Crippen LogP contribution is 2.46. The lowest BCUT2D eigenvalue weighted by Crippen LogP contribution is -2.40. The molecule has 0 atom stereocenters. The van der Waals surface area contributed by atoms with Crippen LogP contribution in [0.2, 0.25) is 0 Å². The number of rotatable bonds is 3. The van der Waals surface area contributed by atoms with Gasteiger partial charge in [-0.15, -0.1) is 0 Å². The van der Waals surface area contributed by atoms with E-state index in [1.807, 2.05) is 12.1 Å². The van der Waals surface area contributed by atoms with Crippen molar-refractivity contribution in [3.05, 3.63) is 18.3 Å². The Labute approximate surface area is 116 Å². The van der Waals surface area contributed by atoms with Gasteiger partial charge in [-0.1, -0.05) is 27.7 Å². The van der Waals surface area contributed by atoms with E-state index >= 15 is 0 Å². The summed E-state index contributed by atoms with van der Waals surface area (Å²) < 4.78 is 5.32. The van der Waals surface area contributed by atoms with Gasteiger partial charge in [-0.3, -0.25) is 0 Å². The van der Waals surface area contributed by atoms with Gasteiger partial charge >= 0.3 is 0 Å². The van der Waals surface area contributed by atoms with Gasteiger partial charge in [-0.25, -0.2) is 4.98 Å². The zero-order valence-corrected chi connectivity index (χ0v) is 12.8.